The maximum absolute atomic E-state index is 10.2. The van der Waals surface area contributed by atoms with Gasteiger partial charge in [0.2, 0.25) is 6.79 Å². The summed E-state index contributed by atoms with van der Waals surface area (Å²) >= 11 is 0. The van der Waals surface area contributed by atoms with Gasteiger partial charge in [0.25, 0.3) is 0 Å². The van der Waals surface area contributed by atoms with Gasteiger partial charge in [0.05, 0.1) is 12.7 Å². The first-order valence-electron chi connectivity index (χ1n) is 6.71. The minimum absolute atomic E-state index is 0.256. The van der Waals surface area contributed by atoms with Crippen LogP contribution in [0, 0.1) is 0 Å². The molecule has 1 saturated heterocycles. The van der Waals surface area contributed by atoms with Crippen molar-refractivity contribution in [2.75, 3.05) is 26.6 Å². The molecule has 2 N–H and O–H groups in total. The number of benzene rings is 1. The fourth-order valence-corrected chi connectivity index (χ4v) is 2.42. The number of rotatable bonds is 4. The van der Waals surface area contributed by atoms with Crippen LogP contribution in [0.4, 0.5) is 0 Å². The van der Waals surface area contributed by atoms with Crippen LogP contribution in [-0.2, 0) is 4.74 Å². The van der Waals surface area contributed by atoms with Crippen LogP contribution in [0.1, 0.15) is 24.5 Å². The van der Waals surface area contributed by atoms with Crippen molar-refractivity contribution in [2.45, 2.75) is 25.0 Å². The zero-order chi connectivity index (χ0) is 13.1. The molecular weight excluding hydrogens is 246 g/mol. The minimum Gasteiger partial charge on any atom is -0.454 e. The van der Waals surface area contributed by atoms with Crippen LogP contribution in [0.2, 0.25) is 0 Å². The zero-order valence-corrected chi connectivity index (χ0v) is 10.8. The third-order valence-corrected chi connectivity index (χ3v) is 3.54. The summed E-state index contributed by atoms with van der Waals surface area (Å²) in [5, 5.41) is 13.5. The lowest BCUT2D eigenvalue weighted by molar-refractivity contribution is 0.0639. The smallest absolute Gasteiger partial charge is 0.231 e. The van der Waals surface area contributed by atoms with Crippen molar-refractivity contribution in [1.29, 1.82) is 0 Å². The van der Waals surface area contributed by atoms with Gasteiger partial charge in [-0.2, -0.15) is 0 Å². The van der Waals surface area contributed by atoms with Crippen molar-refractivity contribution in [3.63, 3.8) is 0 Å². The van der Waals surface area contributed by atoms with Gasteiger partial charge in [0.1, 0.15) is 0 Å². The molecule has 19 heavy (non-hydrogen) atoms. The fraction of sp³-hybridized carbons (Fsp3) is 0.571. The van der Waals surface area contributed by atoms with E-state index >= 15 is 0 Å². The topological polar surface area (TPSA) is 60.0 Å². The molecule has 1 aromatic rings. The molecule has 0 amide bonds. The van der Waals surface area contributed by atoms with Gasteiger partial charge in [-0.3, -0.25) is 0 Å². The standard InChI is InChI=1S/C14H19NO4/c16-12(7-15-11-2-1-5-17-8-11)10-3-4-13-14(6-10)19-9-18-13/h3-4,6,11-12,15-16H,1-2,5,7-9H2. The fourth-order valence-electron chi connectivity index (χ4n) is 2.42. The highest BCUT2D eigenvalue weighted by Crippen LogP contribution is 2.34. The third-order valence-electron chi connectivity index (χ3n) is 3.54. The van der Waals surface area contributed by atoms with E-state index in [1.807, 2.05) is 18.2 Å². The average Bonchev–Trinajstić information content (AvgIpc) is 2.93. The lowest BCUT2D eigenvalue weighted by atomic mass is 10.1. The van der Waals surface area contributed by atoms with Crippen LogP contribution in [0.25, 0.3) is 0 Å². The summed E-state index contributed by atoms with van der Waals surface area (Å²) in [7, 11) is 0. The number of aliphatic hydroxyl groups excluding tert-OH is 1. The Labute approximate surface area is 112 Å². The van der Waals surface area contributed by atoms with E-state index in [1.54, 1.807) is 0 Å². The number of aliphatic hydroxyl groups is 1. The second kappa shape index (κ2) is 5.77. The van der Waals surface area contributed by atoms with Gasteiger partial charge in [0, 0.05) is 19.2 Å². The first-order valence-corrected chi connectivity index (χ1v) is 6.71. The Morgan fingerprint density at radius 2 is 2.21 bits per heavy atom. The van der Waals surface area contributed by atoms with E-state index in [9.17, 15) is 5.11 Å². The van der Waals surface area contributed by atoms with Gasteiger partial charge >= 0.3 is 0 Å². The summed E-state index contributed by atoms with van der Waals surface area (Å²) in [6.07, 6.45) is 1.64. The summed E-state index contributed by atoms with van der Waals surface area (Å²) < 4.78 is 16.0. The highest BCUT2D eigenvalue weighted by molar-refractivity contribution is 5.45. The van der Waals surface area contributed by atoms with Crippen molar-refractivity contribution in [1.82, 2.24) is 5.32 Å². The molecule has 1 aromatic carbocycles. The van der Waals surface area contributed by atoms with E-state index in [1.165, 1.54) is 0 Å². The number of hydrogen-bond acceptors (Lipinski definition) is 5. The molecule has 2 heterocycles. The predicted octanol–water partition coefficient (Wildman–Crippen LogP) is 1.22. The van der Waals surface area contributed by atoms with Gasteiger partial charge in [0.15, 0.2) is 11.5 Å². The molecule has 1 fully saturated rings. The van der Waals surface area contributed by atoms with E-state index < -0.39 is 6.10 Å². The number of hydrogen-bond donors (Lipinski definition) is 2. The molecule has 0 saturated carbocycles. The molecule has 0 bridgehead atoms. The normalized spacial score (nSPS) is 23.3. The summed E-state index contributed by atoms with van der Waals surface area (Å²) in [5.41, 5.74) is 0.841. The molecule has 2 unspecified atom stereocenters. The Hall–Kier alpha value is -1.30. The molecule has 104 valence electrons. The summed E-state index contributed by atoms with van der Waals surface area (Å²) in [6.45, 7) is 2.36. The molecular formula is C14H19NO4. The van der Waals surface area contributed by atoms with E-state index in [-0.39, 0.29) is 6.79 Å². The molecule has 2 atom stereocenters. The van der Waals surface area contributed by atoms with Gasteiger partial charge in [-0.25, -0.2) is 0 Å². The Morgan fingerprint density at radius 1 is 1.32 bits per heavy atom. The van der Waals surface area contributed by atoms with E-state index in [0.29, 0.717) is 18.3 Å². The molecule has 2 aliphatic heterocycles. The van der Waals surface area contributed by atoms with E-state index in [2.05, 4.69) is 5.32 Å². The lowest BCUT2D eigenvalue weighted by Crippen LogP contribution is -2.38. The lowest BCUT2D eigenvalue weighted by Gasteiger charge is -2.24. The monoisotopic (exact) mass is 265 g/mol. The molecule has 0 aromatic heterocycles. The first kappa shape index (κ1) is 12.7. The summed E-state index contributed by atoms with van der Waals surface area (Å²) in [6, 6.07) is 5.89. The molecule has 5 nitrogen and oxygen atoms in total. The number of fused-ring (bicyclic) bond motifs is 1. The van der Waals surface area contributed by atoms with Crippen molar-refractivity contribution in [2.24, 2.45) is 0 Å². The van der Waals surface area contributed by atoms with Crippen LogP contribution < -0.4 is 14.8 Å². The summed E-state index contributed by atoms with van der Waals surface area (Å²) in [5.74, 6) is 1.45. The van der Waals surface area contributed by atoms with Gasteiger partial charge in [-0.15, -0.1) is 0 Å². The van der Waals surface area contributed by atoms with Crippen molar-refractivity contribution < 1.29 is 19.3 Å². The van der Waals surface area contributed by atoms with E-state index in [4.69, 9.17) is 14.2 Å². The zero-order valence-electron chi connectivity index (χ0n) is 10.8. The van der Waals surface area contributed by atoms with Gasteiger partial charge in [-0.1, -0.05) is 6.07 Å². The maximum atomic E-state index is 10.2. The molecule has 0 spiro atoms. The molecule has 2 aliphatic rings. The molecule has 0 aliphatic carbocycles. The van der Waals surface area contributed by atoms with Crippen molar-refractivity contribution >= 4 is 0 Å². The second-order valence-electron chi connectivity index (χ2n) is 4.95. The Balaban J connectivity index is 1.56. The van der Waals surface area contributed by atoms with Crippen LogP contribution in [-0.4, -0.2) is 37.7 Å². The Kier molecular flexibility index (Phi) is 3.87. The highest BCUT2D eigenvalue weighted by Gasteiger charge is 2.18. The summed E-state index contributed by atoms with van der Waals surface area (Å²) in [4.78, 5) is 0. The van der Waals surface area contributed by atoms with Crippen molar-refractivity contribution in [3.8, 4) is 11.5 Å². The molecule has 5 heteroatoms. The third kappa shape index (κ3) is 3.00. The SMILES string of the molecule is OC(CNC1CCCOC1)c1ccc2c(c1)OCO2. The van der Waals surface area contributed by atoms with Crippen LogP contribution in [0.15, 0.2) is 18.2 Å². The Morgan fingerprint density at radius 3 is 3.05 bits per heavy atom. The van der Waals surface area contributed by atoms with Crippen LogP contribution >= 0.6 is 0 Å². The van der Waals surface area contributed by atoms with Gasteiger partial charge in [-0.05, 0) is 30.5 Å². The van der Waals surface area contributed by atoms with Crippen LogP contribution in [0.5, 0.6) is 11.5 Å². The highest BCUT2D eigenvalue weighted by atomic mass is 16.7. The number of nitrogens with one attached hydrogen (secondary N) is 1. The Bertz CT molecular complexity index is 431. The minimum atomic E-state index is -0.545. The van der Waals surface area contributed by atoms with Crippen LogP contribution in [0.3, 0.4) is 0 Å². The van der Waals surface area contributed by atoms with Crippen molar-refractivity contribution in [3.05, 3.63) is 23.8 Å². The second-order valence-corrected chi connectivity index (χ2v) is 4.95. The predicted molar refractivity (Wildman–Crippen MR) is 69.4 cm³/mol. The maximum Gasteiger partial charge on any atom is 0.231 e. The number of ether oxygens (including phenoxy) is 3. The first-order chi connectivity index (χ1) is 9.33. The largest absolute Gasteiger partial charge is 0.454 e. The molecule has 0 radical (unpaired) electrons. The average molecular weight is 265 g/mol. The molecule has 3 rings (SSSR count). The van der Waals surface area contributed by atoms with Gasteiger partial charge < -0.3 is 24.6 Å². The van der Waals surface area contributed by atoms with E-state index in [0.717, 1.165) is 37.4 Å². The quantitative estimate of drug-likeness (QED) is 0.857.